The van der Waals surface area contributed by atoms with Gasteiger partial charge in [0.2, 0.25) is 0 Å². The molecular formula is C61H96O6. The fourth-order valence-corrected chi connectivity index (χ4v) is 6.68. The number of hydrogen-bond donors (Lipinski definition) is 0. The highest BCUT2D eigenvalue weighted by molar-refractivity contribution is 5.71. The smallest absolute Gasteiger partial charge is 0.306 e. The molecule has 0 radical (unpaired) electrons. The van der Waals surface area contributed by atoms with Crippen LogP contribution in [0.25, 0.3) is 0 Å². The molecule has 0 aliphatic rings. The standard InChI is InChI=1S/C61H96O6/c1-4-7-10-13-16-19-22-25-28-30-33-36-39-42-45-48-51-54-60(63)66-57-58(56-65-59(62)53-50-47-44-41-38-35-32-27-24-21-18-15-12-9-6-3)67-61(64)55-52-49-46-43-40-37-34-31-29-26-23-20-17-14-11-8-5-2/h7-8,10-11,16-17,19-21,24-26,28-29,33-34,36-37,42-43,45-46,58H,4-6,9,12-15,18,22-23,27,30-32,35,38-41,44,47-57H2,1-3H3/b10-7-,11-8-,19-16-,20-17-,24-21-,28-25-,29-26-,36-33-,37-34-,45-42-,46-43-/t58-/m0/s1. The quantitative estimate of drug-likeness (QED) is 0.0262. The van der Waals surface area contributed by atoms with Crippen molar-refractivity contribution in [2.75, 3.05) is 13.2 Å². The Morgan fingerprint density at radius 3 is 0.985 bits per heavy atom. The Labute approximate surface area is 411 Å². The first-order chi connectivity index (χ1) is 33.0. The SMILES string of the molecule is CC/C=C\C/C=C\C/C=C\C/C=C\C/C=C\CCCC(=O)OC[C@H](COC(=O)CCCCCCCCC/C=C\CCCCCC)OC(=O)CCC/C=C\C/C=C\C/C=C\C/C=C\C/C=C\CC. The summed E-state index contributed by atoms with van der Waals surface area (Å²) in [6, 6.07) is 0. The third kappa shape index (κ3) is 52.4. The van der Waals surface area contributed by atoms with Gasteiger partial charge < -0.3 is 14.2 Å². The van der Waals surface area contributed by atoms with E-state index in [-0.39, 0.29) is 44.0 Å². The molecule has 0 aromatic rings. The van der Waals surface area contributed by atoms with E-state index in [1.54, 1.807) is 0 Å². The summed E-state index contributed by atoms with van der Waals surface area (Å²) >= 11 is 0. The van der Waals surface area contributed by atoms with Crippen molar-refractivity contribution in [2.24, 2.45) is 0 Å². The molecule has 376 valence electrons. The van der Waals surface area contributed by atoms with Crippen LogP contribution in [-0.4, -0.2) is 37.2 Å². The number of carbonyl (C=O) groups is 3. The number of hydrogen-bond acceptors (Lipinski definition) is 6. The van der Waals surface area contributed by atoms with Crippen LogP contribution in [0.1, 0.15) is 213 Å². The van der Waals surface area contributed by atoms with Crippen LogP contribution in [0.2, 0.25) is 0 Å². The molecule has 0 rings (SSSR count). The maximum absolute atomic E-state index is 12.8. The predicted octanol–water partition coefficient (Wildman–Crippen LogP) is 17.9. The van der Waals surface area contributed by atoms with Gasteiger partial charge in [-0.25, -0.2) is 0 Å². The summed E-state index contributed by atoms with van der Waals surface area (Å²) in [5.41, 5.74) is 0. The second-order valence-corrected chi connectivity index (χ2v) is 17.0. The number of unbranched alkanes of at least 4 members (excludes halogenated alkanes) is 13. The summed E-state index contributed by atoms with van der Waals surface area (Å²) in [4.78, 5) is 38.0. The number of carbonyl (C=O) groups excluding carboxylic acids is 3. The Morgan fingerprint density at radius 2 is 0.597 bits per heavy atom. The molecule has 1 atom stereocenters. The lowest BCUT2D eigenvalue weighted by Gasteiger charge is -2.18. The Kier molecular flexibility index (Phi) is 50.6. The average Bonchev–Trinajstić information content (AvgIpc) is 3.33. The molecule has 0 aromatic heterocycles. The van der Waals surface area contributed by atoms with Gasteiger partial charge in [0.25, 0.3) is 0 Å². The molecule has 0 amide bonds. The lowest BCUT2D eigenvalue weighted by atomic mass is 10.1. The van der Waals surface area contributed by atoms with Crippen LogP contribution >= 0.6 is 0 Å². The Morgan fingerprint density at radius 1 is 0.313 bits per heavy atom. The van der Waals surface area contributed by atoms with Gasteiger partial charge in [0.1, 0.15) is 13.2 Å². The molecule has 0 aliphatic heterocycles. The second kappa shape index (κ2) is 54.2. The summed E-state index contributed by atoms with van der Waals surface area (Å²) < 4.78 is 16.7. The highest BCUT2D eigenvalue weighted by atomic mass is 16.6. The van der Waals surface area contributed by atoms with E-state index >= 15 is 0 Å². The Hall–Kier alpha value is -4.45. The molecule has 0 heterocycles. The van der Waals surface area contributed by atoms with E-state index in [4.69, 9.17) is 14.2 Å². The van der Waals surface area contributed by atoms with Gasteiger partial charge in [-0.05, 0) is 122 Å². The predicted molar refractivity (Wildman–Crippen MR) is 288 cm³/mol. The molecule has 0 unspecified atom stereocenters. The van der Waals surface area contributed by atoms with E-state index in [2.05, 4.69) is 154 Å². The minimum Gasteiger partial charge on any atom is -0.462 e. The molecule has 0 fully saturated rings. The van der Waals surface area contributed by atoms with Crippen LogP contribution in [0.4, 0.5) is 0 Å². The summed E-state index contributed by atoms with van der Waals surface area (Å²) in [7, 11) is 0. The summed E-state index contributed by atoms with van der Waals surface area (Å²) in [6.45, 7) is 6.28. The summed E-state index contributed by atoms with van der Waals surface area (Å²) in [6.07, 6.45) is 75.9. The van der Waals surface area contributed by atoms with Crippen LogP contribution in [-0.2, 0) is 28.6 Å². The molecule has 0 aromatic carbocycles. The molecule has 0 saturated carbocycles. The zero-order valence-electron chi connectivity index (χ0n) is 42.9. The van der Waals surface area contributed by atoms with Crippen molar-refractivity contribution in [3.8, 4) is 0 Å². The van der Waals surface area contributed by atoms with Crippen molar-refractivity contribution < 1.29 is 28.6 Å². The molecule has 0 spiro atoms. The highest BCUT2D eigenvalue weighted by Crippen LogP contribution is 2.12. The van der Waals surface area contributed by atoms with E-state index in [1.807, 2.05) is 0 Å². The molecule has 6 nitrogen and oxygen atoms in total. The van der Waals surface area contributed by atoms with Crippen molar-refractivity contribution in [3.05, 3.63) is 134 Å². The third-order valence-electron chi connectivity index (χ3n) is 10.6. The van der Waals surface area contributed by atoms with E-state index < -0.39 is 6.10 Å². The lowest BCUT2D eigenvalue weighted by molar-refractivity contribution is -0.167. The molecule has 0 saturated heterocycles. The van der Waals surface area contributed by atoms with Gasteiger partial charge in [-0.1, -0.05) is 206 Å². The van der Waals surface area contributed by atoms with E-state index in [0.29, 0.717) is 19.3 Å². The van der Waals surface area contributed by atoms with Gasteiger partial charge in [-0.2, -0.15) is 0 Å². The van der Waals surface area contributed by atoms with Crippen molar-refractivity contribution in [1.82, 2.24) is 0 Å². The fraction of sp³-hybridized carbons (Fsp3) is 0.590. The van der Waals surface area contributed by atoms with Crippen molar-refractivity contribution in [3.63, 3.8) is 0 Å². The zero-order chi connectivity index (χ0) is 48.6. The average molecular weight is 925 g/mol. The van der Waals surface area contributed by atoms with Crippen LogP contribution in [0.15, 0.2) is 134 Å². The third-order valence-corrected chi connectivity index (χ3v) is 10.6. The monoisotopic (exact) mass is 925 g/mol. The van der Waals surface area contributed by atoms with E-state index in [9.17, 15) is 14.4 Å². The Bertz CT molecular complexity index is 1480. The van der Waals surface area contributed by atoms with E-state index in [0.717, 1.165) is 96.3 Å². The number of ether oxygens (including phenoxy) is 3. The fourth-order valence-electron chi connectivity index (χ4n) is 6.68. The van der Waals surface area contributed by atoms with Gasteiger partial charge in [-0.15, -0.1) is 0 Å². The minimum atomic E-state index is -0.837. The molecule has 6 heteroatoms. The molecule has 0 bridgehead atoms. The number of allylic oxidation sites excluding steroid dienone is 22. The van der Waals surface area contributed by atoms with Crippen molar-refractivity contribution in [1.29, 1.82) is 0 Å². The lowest BCUT2D eigenvalue weighted by Crippen LogP contribution is -2.30. The summed E-state index contributed by atoms with van der Waals surface area (Å²) in [5, 5.41) is 0. The normalized spacial score (nSPS) is 13.2. The van der Waals surface area contributed by atoms with Crippen LogP contribution in [0.3, 0.4) is 0 Å². The van der Waals surface area contributed by atoms with Crippen LogP contribution in [0, 0.1) is 0 Å². The second-order valence-electron chi connectivity index (χ2n) is 17.0. The number of rotatable bonds is 46. The first-order valence-electron chi connectivity index (χ1n) is 26.7. The number of esters is 3. The van der Waals surface area contributed by atoms with Crippen molar-refractivity contribution >= 4 is 17.9 Å². The van der Waals surface area contributed by atoms with Crippen LogP contribution < -0.4 is 0 Å². The Balaban J connectivity index is 4.60. The zero-order valence-corrected chi connectivity index (χ0v) is 42.9. The largest absolute Gasteiger partial charge is 0.462 e. The van der Waals surface area contributed by atoms with Crippen LogP contribution in [0.5, 0.6) is 0 Å². The van der Waals surface area contributed by atoms with Gasteiger partial charge in [0.05, 0.1) is 0 Å². The first kappa shape index (κ1) is 62.5. The maximum Gasteiger partial charge on any atom is 0.306 e. The van der Waals surface area contributed by atoms with Gasteiger partial charge in [0, 0.05) is 19.3 Å². The van der Waals surface area contributed by atoms with E-state index in [1.165, 1.54) is 64.2 Å². The minimum absolute atomic E-state index is 0.125. The topological polar surface area (TPSA) is 78.9 Å². The first-order valence-corrected chi connectivity index (χ1v) is 26.7. The van der Waals surface area contributed by atoms with Gasteiger partial charge in [-0.3, -0.25) is 14.4 Å². The van der Waals surface area contributed by atoms with Gasteiger partial charge in [0.15, 0.2) is 6.10 Å². The molecule has 0 N–H and O–H groups in total. The molecule has 67 heavy (non-hydrogen) atoms. The van der Waals surface area contributed by atoms with Gasteiger partial charge >= 0.3 is 17.9 Å². The molecular weight excluding hydrogens is 829 g/mol. The highest BCUT2D eigenvalue weighted by Gasteiger charge is 2.19. The van der Waals surface area contributed by atoms with Crippen molar-refractivity contribution in [2.45, 2.75) is 219 Å². The molecule has 0 aliphatic carbocycles. The maximum atomic E-state index is 12.8. The summed E-state index contributed by atoms with van der Waals surface area (Å²) in [5.74, 6) is -1.06.